The van der Waals surface area contributed by atoms with Gasteiger partial charge >= 0.3 is 0 Å². The lowest BCUT2D eigenvalue weighted by Gasteiger charge is -2.22. The first kappa shape index (κ1) is 37.4. The van der Waals surface area contributed by atoms with Crippen molar-refractivity contribution in [3.05, 3.63) is 45.2 Å². The molecule has 0 aliphatic carbocycles. The second-order valence-corrected chi connectivity index (χ2v) is 15.1. The van der Waals surface area contributed by atoms with E-state index in [1.165, 1.54) is 32.7 Å². The van der Waals surface area contributed by atoms with Gasteiger partial charge in [-0.15, -0.1) is 0 Å². The molecule has 0 atom stereocenters. The van der Waals surface area contributed by atoms with Crippen molar-refractivity contribution in [1.82, 2.24) is 0 Å². The van der Waals surface area contributed by atoms with Gasteiger partial charge in [0, 0.05) is 51.0 Å². The van der Waals surface area contributed by atoms with E-state index in [2.05, 4.69) is 173 Å². The van der Waals surface area contributed by atoms with Crippen LogP contribution in [0.3, 0.4) is 0 Å². The van der Waals surface area contributed by atoms with Crippen LogP contribution in [0.2, 0.25) is 0 Å². The maximum atomic E-state index is 10.1. The van der Waals surface area contributed by atoms with Crippen LogP contribution >= 0.6 is 136 Å². The predicted octanol–water partition coefficient (Wildman–Crippen LogP) is 8.99. The molecule has 0 amide bonds. The Bertz CT molecular complexity index is 1110. The molecule has 2 aromatic carbocycles. The molecule has 1 aliphatic rings. The molecular weight excluding hydrogens is 1140 g/mol. The van der Waals surface area contributed by atoms with Crippen LogP contribution in [0.5, 0.6) is 0 Å². The van der Waals surface area contributed by atoms with Crippen molar-refractivity contribution < 1.29 is 14.7 Å². The van der Waals surface area contributed by atoms with E-state index in [9.17, 15) is 4.79 Å². The van der Waals surface area contributed by atoms with Crippen LogP contribution in [0.25, 0.3) is 0 Å². The number of carboxylic acids is 1. The molecule has 6 nitrogen and oxygen atoms in total. The fraction of sp³-hybridized carbons (Fsp3) is 0.375. The summed E-state index contributed by atoms with van der Waals surface area (Å²) in [5.74, 6) is 4.92. The number of nitrogens with zero attached hydrogens (tertiary/aromatic N) is 1. The van der Waals surface area contributed by atoms with E-state index in [0.29, 0.717) is 0 Å². The van der Waals surface area contributed by atoms with E-state index in [4.69, 9.17) is 15.7 Å². The van der Waals surface area contributed by atoms with Crippen LogP contribution in [-0.4, -0.2) is 22.6 Å². The standard InChI is InChI=1S/C11H10I3N.C6H5I3N2.C5H10O.C2H4O2/c1-5-11(2,3)8-7(15-5)4-6(12)9(13)10(8)14;7-4-1-3(11-10)2-5(8)6(4)9;1-4(2)5(3)6;1-2(3)4/h4H,1-3H3;1-2,11H,10H2;4H,1-3H3;1H3,(H,3,4). The monoisotopic (exact) mass is 1170 g/mol. The van der Waals surface area contributed by atoms with E-state index in [1.54, 1.807) is 6.92 Å². The summed E-state index contributed by atoms with van der Waals surface area (Å²) in [6.07, 6.45) is 0. The predicted molar refractivity (Wildman–Crippen MR) is 202 cm³/mol. The molecule has 4 N–H and O–H groups in total. The van der Waals surface area contributed by atoms with Crippen LogP contribution in [0, 0.1) is 27.3 Å². The number of ketones is 1. The number of hydrazine groups is 1. The number of hydrogen-bond donors (Lipinski definition) is 3. The number of benzene rings is 2. The van der Waals surface area contributed by atoms with Gasteiger partial charge in [-0.3, -0.25) is 20.4 Å². The Balaban J connectivity index is 0.000000512. The number of nitrogens with one attached hydrogen (secondary N) is 1. The van der Waals surface area contributed by atoms with Gasteiger partial charge in [-0.25, -0.2) is 0 Å². The molecule has 0 spiro atoms. The molecule has 0 unspecified atom stereocenters. The first-order valence-corrected chi connectivity index (χ1v) is 16.9. The Labute approximate surface area is 295 Å². The van der Waals surface area contributed by atoms with Gasteiger partial charge in [0.25, 0.3) is 5.97 Å². The van der Waals surface area contributed by atoms with Crippen molar-refractivity contribution in [2.45, 2.75) is 53.9 Å². The Morgan fingerprint density at radius 1 is 0.917 bits per heavy atom. The van der Waals surface area contributed by atoms with Crippen molar-refractivity contribution in [3.8, 4) is 0 Å². The lowest BCUT2D eigenvalue weighted by molar-refractivity contribution is -0.134. The molecule has 36 heavy (non-hydrogen) atoms. The Hall–Kier alpha value is 1.39. The first-order chi connectivity index (χ1) is 16.4. The summed E-state index contributed by atoms with van der Waals surface area (Å²) in [4.78, 5) is 23.8. The lowest BCUT2D eigenvalue weighted by atomic mass is 9.82. The molecule has 0 aromatic heterocycles. The van der Waals surface area contributed by atoms with Crippen molar-refractivity contribution in [2.75, 3.05) is 5.43 Å². The molecule has 2 aromatic rings. The van der Waals surface area contributed by atoms with E-state index in [-0.39, 0.29) is 17.1 Å². The Kier molecular flexibility index (Phi) is 17.9. The number of aliphatic imine (C=N–C) groups is 1. The molecule has 0 saturated heterocycles. The van der Waals surface area contributed by atoms with Gasteiger partial charge in [-0.05, 0) is 168 Å². The van der Waals surface area contributed by atoms with Crippen molar-refractivity contribution in [2.24, 2.45) is 16.8 Å². The number of carbonyl (C=O) groups is 2. The maximum Gasteiger partial charge on any atom is 0.300 e. The zero-order chi connectivity index (χ0) is 28.5. The molecule has 12 heteroatoms. The van der Waals surface area contributed by atoms with Gasteiger partial charge < -0.3 is 10.5 Å². The lowest BCUT2D eigenvalue weighted by Crippen LogP contribution is -2.24. The van der Waals surface area contributed by atoms with Gasteiger partial charge in [0.1, 0.15) is 5.78 Å². The first-order valence-electron chi connectivity index (χ1n) is 10.4. The Morgan fingerprint density at radius 2 is 1.31 bits per heavy atom. The topological polar surface area (TPSA) is 105 Å². The zero-order valence-corrected chi connectivity index (χ0v) is 33.8. The van der Waals surface area contributed by atoms with E-state index < -0.39 is 5.97 Å². The highest BCUT2D eigenvalue weighted by molar-refractivity contribution is 14.1. The highest BCUT2D eigenvalue weighted by Gasteiger charge is 2.35. The van der Waals surface area contributed by atoms with E-state index in [0.717, 1.165) is 18.3 Å². The summed E-state index contributed by atoms with van der Waals surface area (Å²) in [5.41, 5.74) is 7.44. The van der Waals surface area contributed by atoms with Crippen LogP contribution in [0.15, 0.2) is 23.2 Å². The van der Waals surface area contributed by atoms with Gasteiger partial charge in [0.05, 0.1) is 11.4 Å². The number of aliphatic carboxylic acids is 1. The largest absolute Gasteiger partial charge is 0.481 e. The molecule has 3 rings (SSSR count). The molecule has 200 valence electrons. The minimum absolute atomic E-state index is 0.0934. The SMILES string of the molecule is CC(=O)C(C)C.CC(=O)O.CC1=Nc2cc(I)c(I)c(I)c2C1(C)C.NNc1cc(I)c(I)c(I)c1. The maximum absolute atomic E-state index is 10.1. The molecule has 0 fully saturated rings. The number of halogens is 6. The molecule has 0 radical (unpaired) electrons. The van der Waals surface area contributed by atoms with Crippen molar-refractivity contribution in [1.29, 1.82) is 0 Å². The number of Topliss-reactive ketones (excluding diaryl/α,β-unsaturated/α-hetero) is 1. The number of nitrogens with two attached hydrogens (primary N) is 1. The van der Waals surface area contributed by atoms with Gasteiger partial charge in [0.15, 0.2) is 0 Å². The fourth-order valence-electron chi connectivity index (χ4n) is 2.41. The Morgan fingerprint density at radius 3 is 1.67 bits per heavy atom. The zero-order valence-electron chi connectivity index (χ0n) is 20.9. The molecule has 0 saturated carbocycles. The van der Waals surface area contributed by atoms with Crippen LogP contribution in [0.4, 0.5) is 11.4 Å². The molecule has 0 bridgehead atoms. The van der Waals surface area contributed by atoms with E-state index >= 15 is 0 Å². The van der Waals surface area contributed by atoms with Crippen LogP contribution in [0.1, 0.15) is 54.0 Å². The summed E-state index contributed by atoms with van der Waals surface area (Å²) >= 11 is 14.1. The third-order valence-electron chi connectivity index (χ3n) is 4.92. The number of fused-ring (bicyclic) bond motifs is 1. The summed E-state index contributed by atoms with van der Waals surface area (Å²) in [5, 5.41) is 7.42. The normalized spacial score (nSPS) is 12.6. The van der Waals surface area contributed by atoms with Crippen molar-refractivity contribution in [3.63, 3.8) is 0 Å². The molecule has 1 aliphatic heterocycles. The second kappa shape index (κ2) is 17.3. The highest BCUT2D eigenvalue weighted by Crippen LogP contribution is 2.45. The summed E-state index contributed by atoms with van der Waals surface area (Å²) in [7, 11) is 0. The fourth-order valence-corrected chi connectivity index (χ4v) is 7.23. The third kappa shape index (κ3) is 11.9. The number of carboxylic acid groups (broad SMARTS) is 1. The summed E-state index contributed by atoms with van der Waals surface area (Å²) in [6, 6.07) is 6.23. The van der Waals surface area contributed by atoms with Crippen LogP contribution < -0.4 is 11.3 Å². The van der Waals surface area contributed by atoms with Gasteiger partial charge in [-0.2, -0.15) is 0 Å². The van der Waals surface area contributed by atoms with Gasteiger partial charge in [0.2, 0.25) is 0 Å². The number of nitrogen functional groups attached to an aromatic ring is 1. The average molecular weight is 1170 g/mol. The molecule has 1 heterocycles. The minimum Gasteiger partial charge on any atom is -0.481 e. The average Bonchev–Trinajstić information content (AvgIpc) is 2.98. The third-order valence-corrected chi connectivity index (χ3v) is 15.0. The molecular formula is C24H29I6N3O3. The van der Waals surface area contributed by atoms with Crippen LogP contribution in [-0.2, 0) is 15.0 Å². The second-order valence-electron chi connectivity index (χ2n) is 8.39. The quantitative estimate of drug-likeness (QED) is 0.121. The summed E-state index contributed by atoms with van der Waals surface area (Å²) in [6.45, 7) is 13.1. The number of rotatable bonds is 2. The smallest absolute Gasteiger partial charge is 0.300 e. The van der Waals surface area contributed by atoms with E-state index in [1.807, 2.05) is 26.0 Å². The summed E-state index contributed by atoms with van der Waals surface area (Å²) < 4.78 is 7.74. The highest BCUT2D eigenvalue weighted by atomic mass is 127. The van der Waals surface area contributed by atoms with Crippen molar-refractivity contribution >= 4 is 164 Å². The number of anilines is 1. The minimum atomic E-state index is -0.833. The van der Waals surface area contributed by atoms with Gasteiger partial charge in [-0.1, -0.05) is 27.7 Å². The number of carbonyl (C=O) groups excluding carboxylic acids is 1. The number of hydrogen-bond acceptors (Lipinski definition) is 5.